The summed E-state index contributed by atoms with van der Waals surface area (Å²) >= 11 is 0. The fraction of sp³-hybridized carbons (Fsp3) is 0.650. The standard InChI is InChI=1S/C20H30F3N3O/c1-3-5-12-26(18-9-13-25(11-4-2)14-10-18)19(27)24-17-8-6-7-16(15-17)20(21,22)23/h6-8,15,18H,3-5,9-14H2,1-2H3,(H,24,27). The maximum absolute atomic E-state index is 12.9. The second-order valence-electron chi connectivity index (χ2n) is 7.13. The van der Waals surface area contributed by atoms with Crippen molar-refractivity contribution >= 4 is 11.7 Å². The van der Waals surface area contributed by atoms with E-state index in [1.165, 1.54) is 12.1 Å². The van der Waals surface area contributed by atoms with Gasteiger partial charge in [-0.25, -0.2) is 4.79 Å². The summed E-state index contributed by atoms with van der Waals surface area (Å²) < 4.78 is 38.7. The van der Waals surface area contributed by atoms with Gasteiger partial charge in [-0.3, -0.25) is 0 Å². The van der Waals surface area contributed by atoms with Crippen molar-refractivity contribution in [1.82, 2.24) is 9.80 Å². The monoisotopic (exact) mass is 385 g/mol. The van der Waals surface area contributed by atoms with E-state index in [0.717, 1.165) is 63.9 Å². The largest absolute Gasteiger partial charge is 0.416 e. The van der Waals surface area contributed by atoms with Crippen molar-refractivity contribution in [1.29, 1.82) is 0 Å². The number of benzene rings is 1. The third-order valence-electron chi connectivity index (χ3n) is 4.99. The lowest BCUT2D eigenvalue weighted by Gasteiger charge is -2.38. The van der Waals surface area contributed by atoms with Crippen LogP contribution in [-0.4, -0.2) is 48.1 Å². The van der Waals surface area contributed by atoms with Crippen molar-refractivity contribution in [2.75, 3.05) is 31.5 Å². The van der Waals surface area contributed by atoms with Gasteiger partial charge >= 0.3 is 12.2 Å². The van der Waals surface area contributed by atoms with Gasteiger partial charge in [0, 0.05) is 31.4 Å². The molecule has 1 saturated heterocycles. The molecule has 27 heavy (non-hydrogen) atoms. The predicted octanol–water partition coefficient (Wildman–Crippen LogP) is 5.21. The Morgan fingerprint density at radius 3 is 2.52 bits per heavy atom. The molecule has 0 aliphatic carbocycles. The van der Waals surface area contributed by atoms with Crippen LogP contribution in [0, 0.1) is 0 Å². The Morgan fingerprint density at radius 1 is 1.22 bits per heavy atom. The van der Waals surface area contributed by atoms with Crippen LogP contribution in [0.3, 0.4) is 0 Å². The van der Waals surface area contributed by atoms with Gasteiger partial charge in [-0.05, 0) is 50.4 Å². The van der Waals surface area contributed by atoms with Gasteiger partial charge in [0.1, 0.15) is 0 Å². The number of carbonyl (C=O) groups is 1. The summed E-state index contributed by atoms with van der Waals surface area (Å²) in [4.78, 5) is 17.0. The van der Waals surface area contributed by atoms with E-state index >= 15 is 0 Å². The highest BCUT2D eigenvalue weighted by Crippen LogP contribution is 2.30. The molecule has 0 unspecified atom stereocenters. The highest BCUT2D eigenvalue weighted by molar-refractivity contribution is 5.89. The number of alkyl halides is 3. The second kappa shape index (κ2) is 9.97. The molecule has 0 saturated carbocycles. The zero-order valence-corrected chi connectivity index (χ0v) is 16.2. The highest BCUT2D eigenvalue weighted by Gasteiger charge is 2.31. The molecule has 1 N–H and O–H groups in total. The SMILES string of the molecule is CCCCN(C(=O)Nc1cccc(C(F)(F)F)c1)C1CCN(CCC)CC1. The van der Waals surface area contributed by atoms with Crippen molar-refractivity contribution in [3.05, 3.63) is 29.8 Å². The highest BCUT2D eigenvalue weighted by atomic mass is 19.4. The van der Waals surface area contributed by atoms with Gasteiger partial charge in [0.25, 0.3) is 0 Å². The van der Waals surface area contributed by atoms with Gasteiger partial charge in [0.05, 0.1) is 5.56 Å². The first-order valence-electron chi connectivity index (χ1n) is 9.82. The van der Waals surface area contributed by atoms with Crippen LogP contribution in [0.5, 0.6) is 0 Å². The molecular weight excluding hydrogens is 355 g/mol. The summed E-state index contributed by atoms with van der Waals surface area (Å²) in [6.45, 7) is 7.82. The van der Waals surface area contributed by atoms with Crippen LogP contribution in [0.15, 0.2) is 24.3 Å². The van der Waals surface area contributed by atoms with Gasteiger partial charge in [-0.2, -0.15) is 13.2 Å². The Hall–Kier alpha value is -1.76. The Morgan fingerprint density at radius 2 is 1.93 bits per heavy atom. The quantitative estimate of drug-likeness (QED) is 0.699. The number of piperidine rings is 1. The van der Waals surface area contributed by atoms with E-state index < -0.39 is 11.7 Å². The number of carbonyl (C=O) groups excluding carboxylic acids is 1. The fourth-order valence-corrected chi connectivity index (χ4v) is 3.52. The van der Waals surface area contributed by atoms with Crippen molar-refractivity contribution in [2.45, 2.75) is 58.2 Å². The van der Waals surface area contributed by atoms with Crippen LogP contribution >= 0.6 is 0 Å². The van der Waals surface area contributed by atoms with Crippen LogP contribution in [-0.2, 0) is 6.18 Å². The Kier molecular flexibility index (Phi) is 7.95. The summed E-state index contributed by atoms with van der Waals surface area (Å²) in [5, 5.41) is 2.67. The molecule has 2 rings (SSSR count). The molecule has 7 heteroatoms. The van der Waals surface area contributed by atoms with Crippen molar-refractivity contribution in [3.8, 4) is 0 Å². The number of likely N-dealkylation sites (tertiary alicyclic amines) is 1. The lowest BCUT2D eigenvalue weighted by Crippen LogP contribution is -2.49. The first-order valence-corrected chi connectivity index (χ1v) is 9.82. The molecule has 1 aliphatic rings. The molecule has 1 aliphatic heterocycles. The lowest BCUT2D eigenvalue weighted by atomic mass is 10.0. The summed E-state index contributed by atoms with van der Waals surface area (Å²) in [6.07, 6.45) is 0.335. The Labute approximate surface area is 159 Å². The molecule has 0 bridgehead atoms. The normalized spacial score (nSPS) is 16.3. The molecule has 0 spiro atoms. The molecule has 0 aromatic heterocycles. The van der Waals surface area contributed by atoms with Crippen LogP contribution in [0.4, 0.5) is 23.7 Å². The predicted molar refractivity (Wildman–Crippen MR) is 102 cm³/mol. The molecular formula is C20H30F3N3O. The molecule has 1 aromatic carbocycles. The Balaban J connectivity index is 2.04. The zero-order chi connectivity index (χ0) is 19.9. The van der Waals surface area contributed by atoms with Gasteiger partial charge < -0.3 is 15.1 Å². The number of nitrogens with one attached hydrogen (secondary N) is 1. The second-order valence-corrected chi connectivity index (χ2v) is 7.13. The fourth-order valence-electron chi connectivity index (χ4n) is 3.52. The van der Waals surface area contributed by atoms with E-state index in [4.69, 9.17) is 0 Å². The topological polar surface area (TPSA) is 35.6 Å². The van der Waals surface area contributed by atoms with Crippen molar-refractivity contribution in [3.63, 3.8) is 0 Å². The average molecular weight is 385 g/mol. The molecule has 0 atom stereocenters. The van der Waals surface area contributed by atoms with Gasteiger partial charge in [-0.1, -0.05) is 26.3 Å². The third-order valence-corrected chi connectivity index (χ3v) is 4.99. The molecule has 1 fully saturated rings. The minimum absolute atomic E-state index is 0.135. The van der Waals surface area contributed by atoms with E-state index in [0.29, 0.717) is 6.54 Å². The smallest absolute Gasteiger partial charge is 0.321 e. The first kappa shape index (κ1) is 21.5. The number of amides is 2. The number of rotatable bonds is 7. The minimum atomic E-state index is -4.42. The zero-order valence-electron chi connectivity index (χ0n) is 16.2. The van der Waals surface area contributed by atoms with Crippen LogP contribution in [0.2, 0.25) is 0 Å². The van der Waals surface area contributed by atoms with E-state index in [2.05, 4.69) is 24.1 Å². The van der Waals surface area contributed by atoms with E-state index in [-0.39, 0.29) is 17.8 Å². The maximum Gasteiger partial charge on any atom is 0.416 e. The number of hydrogen-bond donors (Lipinski definition) is 1. The van der Waals surface area contributed by atoms with Crippen LogP contribution in [0.1, 0.15) is 51.5 Å². The number of hydrogen-bond acceptors (Lipinski definition) is 2. The van der Waals surface area contributed by atoms with E-state index in [1.54, 1.807) is 0 Å². The molecule has 152 valence electrons. The van der Waals surface area contributed by atoms with E-state index in [1.807, 2.05) is 4.90 Å². The molecule has 2 amide bonds. The van der Waals surface area contributed by atoms with Gasteiger partial charge in [0.2, 0.25) is 0 Å². The molecule has 1 aromatic rings. The molecule has 0 radical (unpaired) electrons. The third kappa shape index (κ3) is 6.41. The van der Waals surface area contributed by atoms with Crippen molar-refractivity contribution < 1.29 is 18.0 Å². The summed E-state index contributed by atoms with van der Waals surface area (Å²) in [6, 6.07) is 4.63. The summed E-state index contributed by atoms with van der Waals surface area (Å²) in [5.74, 6) is 0. The maximum atomic E-state index is 12.9. The summed E-state index contributed by atoms with van der Waals surface area (Å²) in [5.41, 5.74) is -0.576. The van der Waals surface area contributed by atoms with E-state index in [9.17, 15) is 18.0 Å². The van der Waals surface area contributed by atoms with Gasteiger partial charge in [-0.15, -0.1) is 0 Å². The number of halogens is 3. The number of unbranched alkanes of at least 4 members (excludes halogenated alkanes) is 1. The molecule has 1 heterocycles. The Bertz CT molecular complexity index is 598. The number of urea groups is 1. The molecule has 4 nitrogen and oxygen atoms in total. The van der Waals surface area contributed by atoms with Crippen molar-refractivity contribution in [2.24, 2.45) is 0 Å². The van der Waals surface area contributed by atoms with Gasteiger partial charge in [0.15, 0.2) is 0 Å². The van der Waals surface area contributed by atoms with Crippen LogP contribution < -0.4 is 5.32 Å². The minimum Gasteiger partial charge on any atom is -0.321 e. The number of nitrogens with zero attached hydrogens (tertiary/aromatic N) is 2. The first-order chi connectivity index (χ1) is 12.8. The lowest BCUT2D eigenvalue weighted by molar-refractivity contribution is -0.137. The van der Waals surface area contributed by atoms with Crippen LogP contribution in [0.25, 0.3) is 0 Å². The average Bonchev–Trinajstić information content (AvgIpc) is 2.63. The number of anilines is 1. The summed E-state index contributed by atoms with van der Waals surface area (Å²) in [7, 11) is 0.